The fourth-order valence-electron chi connectivity index (χ4n) is 4.44. The van der Waals surface area contributed by atoms with Crippen LogP contribution >= 0.6 is 11.8 Å². The smallest absolute Gasteiger partial charge is 0.257 e. The lowest BCUT2D eigenvalue weighted by molar-refractivity contribution is 0.00284. The number of fused-ring (bicyclic) bond motifs is 1. The Morgan fingerprint density at radius 1 is 1.12 bits per heavy atom. The molecule has 0 aromatic heterocycles. The summed E-state index contributed by atoms with van der Waals surface area (Å²) in [5, 5.41) is 12.3. The van der Waals surface area contributed by atoms with Crippen LogP contribution in [0.1, 0.15) is 47.3 Å². The Kier molecular flexibility index (Phi) is 11.8. The summed E-state index contributed by atoms with van der Waals surface area (Å²) in [6, 6.07) is 22.5. The second kappa shape index (κ2) is 15.3. The molecule has 3 aromatic carbocycles. The molecule has 6 nitrogen and oxygen atoms in total. The highest BCUT2D eigenvalue weighted by Crippen LogP contribution is 2.45. The van der Waals surface area contributed by atoms with Gasteiger partial charge < -0.3 is 14.8 Å². The van der Waals surface area contributed by atoms with E-state index in [1.807, 2.05) is 50.2 Å². The van der Waals surface area contributed by atoms with Gasteiger partial charge in [0.25, 0.3) is 5.91 Å². The van der Waals surface area contributed by atoms with Crippen molar-refractivity contribution in [2.24, 2.45) is 10.9 Å². The van der Waals surface area contributed by atoms with Crippen molar-refractivity contribution in [1.82, 2.24) is 5.32 Å². The molecule has 2 atom stereocenters. The summed E-state index contributed by atoms with van der Waals surface area (Å²) in [4.78, 5) is 17.2. The van der Waals surface area contributed by atoms with Crippen LogP contribution in [0.3, 0.4) is 0 Å². The number of nitrogens with zero attached hydrogens (tertiary/aromatic N) is 2. The van der Waals surface area contributed by atoms with Crippen LogP contribution in [0.2, 0.25) is 0 Å². The first-order valence-electron chi connectivity index (χ1n) is 13.1. The van der Waals surface area contributed by atoms with E-state index in [4.69, 9.17) is 9.47 Å². The number of hydrogen-bond donors (Lipinski definition) is 1. The third-order valence-corrected chi connectivity index (χ3v) is 7.42. The van der Waals surface area contributed by atoms with Gasteiger partial charge in [-0.2, -0.15) is 5.26 Å². The molecule has 1 amide bonds. The molecule has 5 rings (SSSR count). The minimum absolute atomic E-state index is 0.0647. The lowest BCUT2D eigenvalue weighted by Gasteiger charge is -2.44. The van der Waals surface area contributed by atoms with Crippen molar-refractivity contribution >= 4 is 22.8 Å². The molecule has 0 radical (unpaired) electrons. The summed E-state index contributed by atoms with van der Waals surface area (Å²) < 4.78 is 39.2. The first-order chi connectivity index (χ1) is 19.5. The molecule has 0 aliphatic carbocycles. The van der Waals surface area contributed by atoms with Gasteiger partial charge in [-0.3, -0.25) is 4.79 Å². The third-order valence-electron chi connectivity index (χ3n) is 6.38. The molecule has 0 saturated carbocycles. The molecule has 0 bridgehead atoms. The number of carbonyl (C=O) groups excluding carboxylic acids is 1. The van der Waals surface area contributed by atoms with Crippen LogP contribution in [0.15, 0.2) is 77.8 Å². The van der Waals surface area contributed by atoms with E-state index in [0.717, 1.165) is 0 Å². The Balaban J connectivity index is 0.000000339. The number of nitriles is 1. The van der Waals surface area contributed by atoms with E-state index in [-0.39, 0.29) is 29.6 Å². The van der Waals surface area contributed by atoms with Gasteiger partial charge >= 0.3 is 0 Å². The first kappa shape index (κ1) is 31.0. The summed E-state index contributed by atoms with van der Waals surface area (Å²) in [7, 11) is 1.70. The second-order valence-corrected chi connectivity index (χ2v) is 9.86. The molecule has 210 valence electrons. The number of benzene rings is 3. The number of rotatable bonds is 4. The molecule has 2 aliphatic rings. The zero-order valence-corrected chi connectivity index (χ0v) is 23.6. The largest absolute Gasteiger partial charge is 0.380 e. The highest BCUT2D eigenvalue weighted by molar-refractivity contribution is 8.13. The van der Waals surface area contributed by atoms with Gasteiger partial charge in [0.2, 0.25) is 0 Å². The number of hydrogen-bond acceptors (Lipinski definition) is 6. The Labute approximate surface area is 238 Å². The van der Waals surface area contributed by atoms with Gasteiger partial charge in [0, 0.05) is 42.6 Å². The van der Waals surface area contributed by atoms with E-state index in [1.165, 1.54) is 23.4 Å². The maximum Gasteiger partial charge on any atom is 0.257 e. The molecule has 1 saturated heterocycles. The summed E-state index contributed by atoms with van der Waals surface area (Å²) in [6.07, 6.45) is 0.648. The Bertz CT molecular complexity index is 1330. The number of carbonyl (C=O) groups is 1. The number of amidine groups is 1. The van der Waals surface area contributed by atoms with Gasteiger partial charge in [0.1, 0.15) is 23.2 Å². The Morgan fingerprint density at radius 3 is 2.45 bits per heavy atom. The summed E-state index contributed by atoms with van der Waals surface area (Å²) in [5.74, 6) is -1.48. The molecule has 9 heteroatoms. The SMILES string of the molecule is CC.COCc1ccccc1.N#Cc1cc(C23COCCC2CSC(NC(=O)c2ccccc2)=N3)c(F)cc1F. The van der Waals surface area contributed by atoms with E-state index >= 15 is 0 Å². The van der Waals surface area contributed by atoms with Crippen LogP contribution in [0.5, 0.6) is 0 Å². The van der Waals surface area contributed by atoms with Crippen molar-refractivity contribution in [3.05, 3.63) is 107 Å². The Morgan fingerprint density at radius 2 is 1.80 bits per heavy atom. The van der Waals surface area contributed by atoms with E-state index < -0.39 is 17.2 Å². The zero-order valence-electron chi connectivity index (χ0n) is 22.8. The van der Waals surface area contributed by atoms with Crippen LogP contribution in [-0.2, 0) is 21.6 Å². The fourth-order valence-corrected chi connectivity index (χ4v) is 5.63. The van der Waals surface area contributed by atoms with Gasteiger partial charge in [0.15, 0.2) is 5.17 Å². The molecule has 1 fully saturated rings. The Hall–Kier alpha value is -3.58. The number of thioether (sulfide) groups is 1. The minimum Gasteiger partial charge on any atom is -0.380 e. The minimum atomic E-state index is -1.12. The average Bonchev–Trinajstić information content (AvgIpc) is 2.99. The van der Waals surface area contributed by atoms with Crippen molar-refractivity contribution < 1.29 is 23.0 Å². The number of methoxy groups -OCH3 is 1. The molecule has 3 aromatic rings. The summed E-state index contributed by atoms with van der Waals surface area (Å²) >= 11 is 1.39. The molecule has 2 aliphatic heterocycles. The normalized spacial score (nSPS) is 19.3. The van der Waals surface area contributed by atoms with Crippen LogP contribution in [0, 0.1) is 28.9 Å². The quantitative estimate of drug-likeness (QED) is 0.393. The summed E-state index contributed by atoms with van der Waals surface area (Å²) in [6.45, 7) is 5.32. The van der Waals surface area contributed by atoms with Gasteiger partial charge in [-0.1, -0.05) is 74.1 Å². The number of halogens is 2. The standard InChI is InChI=1S/C21H17F2N3O2S.C8H10O.C2H6/c22-17-9-18(23)16(8-14(17)10-24)21-12-28-7-6-15(21)11-29-20(26-21)25-19(27)13-4-2-1-3-5-13;1-9-7-8-5-3-2-4-6-8;1-2/h1-5,8-9,15H,6-7,11-12H2,(H,25,26,27);2-6H,7H2,1H3;1-2H3. The van der Waals surface area contributed by atoms with Gasteiger partial charge in [-0.15, -0.1) is 0 Å². The van der Waals surface area contributed by atoms with Crippen molar-refractivity contribution in [2.75, 3.05) is 26.1 Å². The van der Waals surface area contributed by atoms with Crippen molar-refractivity contribution in [3.8, 4) is 6.07 Å². The predicted octanol–water partition coefficient (Wildman–Crippen LogP) is 6.46. The lowest BCUT2D eigenvalue weighted by Crippen LogP contribution is -2.49. The molecule has 0 spiro atoms. The fraction of sp³-hybridized carbons (Fsp3) is 0.323. The van der Waals surface area contributed by atoms with Crippen LogP contribution < -0.4 is 5.32 Å². The number of ether oxygens (including phenoxy) is 2. The highest BCUT2D eigenvalue weighted by atomic mass is 32.2. The van der Waals surface area contributed by atoms with Crippen molar-refractivity contribution in [3.63, 3.8) is 0 Å². The van der Waals surface area contributed by atoms with Gasteiger partial charge in [0.05, 0.1) is 18.8 Å². The lowest BCUT2D eigenvalue weighted by atomic mass is 9.76. The topological polar surface area (TPSA) is 83.7 Å². The van der Waals surface area contributed by atoms with Gasteiger partial charge in [-0.05, 0) is 30.2 Å². The first-order valence-corrected chi connectivity index (χ1v) is 14.0. The zero-order chi connectivity index (χ0) is 29.0. The van der Waals surface area contributed by atoms with Crippen LogP contribution in [0.25, 0.3) is 0 Å². The molecule has 2 unspecified atom stereocenters. The van der Waals surface area contributed by atoms with E-state index in [2.05, 4.69) is 10.3 Å². The van der Waals surface area contributed by atoms with E-state index in [9.17, 15) is 18.8 Å². The number of amides is 1. The van der Waals surface area contributed by atoms with E-state index in [1.54, 1.807) is 37.4 Å². The average molecular weight is 566 g/mol. The number of aliphatic imine (C=N–C) groups is 1. The number of nitrogens with one attached hydrogen (secondary N) is 1. The molecule has 40 heavy (non-hydrogen) atoms. The molecule has 1 N–H and O–H groups in total. The third kappa shape index (κ3) is 7.54. The molecular weight excluding hydrogens is 532 g/mol. The van der Waals surface area contributed by atoms with Crippen molar-refractivity contribution in [1.29, 1.82) is 5.26 Å². The molecule has 2 heterocycles. The monoisotopic (exact) mass is 565 g/mol. The second-order valence-electron chi connectivity index (χ2n) is 8.85. The highest BCUT2D eigenvalue weighted by Gasteiger charge is 2.48. The van der Waals surface area contributed by atoms with Crippen LogP contribution in [0.4, 0.5) is 8.78 Å². The van der Waals surface area contributed by atoms with Crippen molar-refractivity contribution in [2.45, 2.75) is 32.4 Å². The maximum atomic E-state index is 14.8. The van der Waals surface area contributed by atoms with Crippen LogP contribution in [-0.4, -0.2) is 37.2 Å². The maximum absolute atomic E-state index is 14.8. The predicted molar refractivity (Wildman–Crippen MR) is 154 cm³/mol. The van der Waals surface area contributed by atoms with Gasteiger partial charge in [-0.25, -0.2) is 13.8 Å². The summed E-state index contributed by atoms with van der Waals surface area (Å²) in [5.41, 5.74) is 0.452. The molecular formula is C31H33F2N3O3S. The van der Waals surface area contributed by atoms with E-state index in [0.29, 0.717) is 42.2 Å².